The molecule has 0 radical (unpaired) electrons. The number of benzene rings is 5. The lowest BCUT2D eigenvalue weighted by atomic mass is 9.65. The van der Waals surface area contributed by atoms with Gasteiger partial charge < -0.3 is 14.0 Å². The maximum absolute atomic E-state index is 2.63. The van der Waals surface area contributed by atoms with Crippen LogP contribution in [-0.2, 0) is 11.0 Å². The van der Waals surface area contributed by atoms with Crippen LogP contribution in [0.3, 0.4) is 0 Å². The summed E-state index contributed by atoms with van der Waals surface area (Å²) >= 11 is 0. The molecule has 0 spiro atoms. The second-order valence-corrected chi connectivity index (χ2v) is 17.8. The fourth-order valence-corrected chi connectivity index (χ4v) is 10.5. The van der Waals surface area contributed by atoms with Crippen molar-refractivity contribution in [3.05, 3.63) is 181 Å². The van der Waals surface area contributed by atoms with Gasteiger partial charge in [-0.05, 0) is 98.5 Å². The van der Waals surface area contributed by atoms with Gasteiger partial charge >= 0.3 is 0 Å². The van der Waals surface area contributed by atoms with E-state index in [-0.39, 0.29) is 11.0 Å². The fraction of sp³-hybridized carbons (Fsp3) is 0.208. The number of aromatic nitrogens is 2. The van der Waals surface area contributed by atoms with Crippen LogP contribution >= 0.6 is 0 Å². The van der Waals surface area contributed by atoms with Gasteiger partial charge in [-0.25, -0.2) is 0 Å². The number of para-hydroxylation sites is 3. The molecule has 5 aromatic carbocycles. The Labute approximate surface area is 329 Å². The minimum Gasteiger partial charge on any atom is -0.335 e. The Kier molecular flexibility index (Phi) is 7.12. The lowest BCUT2D eigenvalue weighted by Crippen LogP contribution is -2.36. The highest BCUT2D eigenvalue weighted by atomic mass is 15.1. The van der Waals surface area contributed by atoms with E-state index in [9.17, 15) is 0 Å². The number of nitrogens with zero attached hydrogens (tertiary/aromatic N) is 3. The van der Waals surface area contributed by atoms with E-state index in [1.807, 2.05) is 0 Å². The molecular formula is C53H47N3. The van der Waals surface area contributed by atoms with Crippen molar-refractivity contribution < 1.29 is 0 Å². The highest BCUT2D eigenvalue weighted by molar-refractivity contribution is 6.27. The molecule has 0 bridgehead atoms. The van der Waals surface area contributed by atoms with E-state index in [0.29, 0.717) is 17.8 Å². The van der Waals surface area contributed by atoms with Crippen molar-refractivity contribution in [2.45, 2.75) is 52.0 Å². The van der Waals surface area contributed by atoms with Gasteiger partial charge in [-0.2, -0.15) is 0 Å². The van der Waals surface area contributed by atoms with Crippen LogP contribution in [0.2, 0.25) is 0 Å². The largest absolute Gasteiger partial charge is 0.335 e. The van der Waals surface area contributed by atoms with Gasteiger partial charge in [0, 0.05) is 78.5 Å². The highest BCUT2D eigenvalue weighted by Gasteiger charge is 2.44. The molecule has 274 valence electrons. The molecule has 3 unspecified atom stereocenters. The normalized spacial score (nSPS) is 20.9. The van der Waals surface area contributed by atoms with E-state index in [2.05, 4.69) is 213 Å². The molecule has 3 heterocycles. The summed E-state index contributed by atoms with van der Waals surface area (Å²) in [6.07, 6.45) is 21.8. The molecule has 1 aliphatic heterocycles. The Morgan fingerprint density at radius 1 is 0.661 bits per heavy atom. The molecule has 3 atom stereocenters. The van der Waals surface area contributed by atoms with E-state index >= 15 is 0 Å². The number of allylic oxidation sites excluding steroid dienone is 11. The number of hydrogen-bond acceptors (Lipinski definition) is 1. The van der Waals surface area contributed by atoms with Gasteiger partial charge in [-0.15, -0.1) is 0 Å². The average Bonchev–Trinajstić information content (AvgIpc) is 3.74. The summed E-state index contributed by atoms with van der Waals surface area (Å²) in [7, 11) is 0. The van der Waals surface area contributed by atoms with Crippen LogP contribution in [0.1, 0.15) is 52.2 Å². The van der Waals surface area contributed by atoms with E-state index in [0.717, 1.165) is 6.42 Å². The Hall–Kier alpha value is -6.06. The highest BCUT2D eigenvalue weighted by Crippen LogP contribution is 2.56. The summed E-state index contributed by atoms with van der Waals surface area (Å²) in [5.74, 6) is 1.10. The van der Waals surface area contributed by atoms with Crippen LogP contribution < -0.4 is 4.90 Å². The quantitative estimate of drug-likeness (QED) is 0.176. The van der Waals surface area contributed by atoms with E-state index in [1.165, 1.54) is 83.1 Å². The summed E-state index contributed by atoms with van der Waals surface area (Å²) < 4.78 is 5.23. The van der Waals surface area contributed by atoms with Gasteiger partial charge in [0.25, 0.3) is 0 Å². The van der Waals surface area contributed by atoms with Gasteiger partial charge in [0.15, 0.2) is 0 Å². The van der Waals surface area contributed by atoms with E-state index in [1.54, 1.807) is 0 Å². The number of fused-ring (bicyclic) bond motifs is 10. The molecule has 0 saturated heterocycles. The van der Waals surface area contributed by atoms with Crippen molar-refractivity contribution in [3.8, 4) is 0 Å². The Balaban J connectivity index is 1.05. The minimum absolute atomic E-state index is 0.0892. The maximum atomic E-state index is 2.63. The monoisotopic (exact) mass is 725 g/mol. The minimum atomic E-state index is -0.0997. The first-order valence-electron chi connectivity index (χ1n) is 20.3. The van der Waals surface area contributed by atoms with Crippen LogP contribution in [-0.4, -0.2) is 9.13 Å². The summed E-state index contributed by atoms with van der Waals surface area (Å²) in [5.41, 5.74) is 14.2. The zero-order valence-electron chi connectivity index (χ0n) is 32.9. The molecule has 0 fully saturated rings. The predicted molar refractivity (Wildman–Crippen MR) is 238 cm³/mol. The standard InChI is InChI=1S/C53H47N3/c1-52(2,3)56-47-22-14-11-19-41(47)43-33-45-51-49(50(43)56)42-20-12-13-21-46(42)55(51)48-30-26-37(32-44(48)53(45,4)5)35-23-27-39(28-24-35)54(38-17-7-6-8-18-38)40-29-25-34-15-9-10-16-36(34)31-40/h6-31,33-34,36,44H,32H2,1-5H3. The third-order valence-electron chi connectivity index (χ3n) is 13.1. The summed E-state index contributed by atoms with van der Waals surface area (Å²) in [6, 6.07) is 40.8. The first-order chi connectivity index (χ1) is 27.2. The molecule has 0 amide bonds. The maximum Gasteiger partial charge on any atom is 0.0598 e. The molecular weight excluding hydrogens is 679 g/mol. The lowest BCUT2D eigenvalue weighted by molar-refractivity contribution is 0.382. The van der Waals surface area contributed by atoms with Gasteiger partial charge in [0.2, 0.25) is 0 Å². The van der Waals surface area contributed by atoms with E-state index < -0.39 is 0 Å². The summed E-state index contributed by atoms with van der Waals surface area (Å²) in [4.78, 5) is 2.40. The third-order valence-corrected chi connectivity index (χ3v) is 13.1. The van der Waals surface area contributed by atoms with Gasteiger partial charge in [-0.1, -0.05) is 123 Å². The second-order valence-electron chi connectivity index (χ2n) is 17.8. The molecule has 0 N–H and O–H groups in total. The van der Waals surface area contributed by atoms with Crippen LogP contribution in [0, 0.1) is 17.8 Å². The van der Waals surface area contributed by atoms with E-state index in [4.69, 9.17) is 0 Å². The molecule has 3 heteroatoms. The molecule has 0 saturated carbocycles. The molecule has 7 aromatic rings. The molecule has 3 nitrogen and oxygen atoms in total. The fourth-order valence-electron chi connectivity index (χ4n) is 10.5. The second kappa shape index (κ2) is 12.0. The topological polar surface area (TPSA) is 13.1 Å². The van der Waals surface area contributed by atoms with Crippen molar-refractivity contribution in [1.29, 1.82) is 0 Å². The summed E-state index contributed by atoms with van der Waals surface area (Å²) in [5, 5.41) is 5.42. The number of rotatable bonds is 4. The van der Waals surface area contributed by atoms with Crippen molar-refractivity contribution in [3.63, 3.8) is 0 Å². The first-order valence-corrected chi connectivity index (χ1v) is 20.3. The zero-order chi connectivity index (χ0) is 37.9. The van der Waals surface area contributed by atoms with Crippen molar-refractivity contribution >= 4 is 66.3 Å². The molecule has 56 heavy (non-hydrogen) atoms. The SMILES string of the molecule is CC1(C)c2cc3c4ccccc4n(C(C)(C)C)c3c3c4ccccc4n(c23)C2=CC=C(c3ccc(N(C4=CC5C=CC=CC5C=C4)c4ccccc4)cc3)CC21. The molecule has 3 aliphatic carbocycles. The Bertz CT molecular complexity index is 2950. The average molecular weight is 726 g/mol. The zero-order valence-corrected chi connectivity index (χ0v) is 32.9. The number of hydrogen-bond donors (Lipinski definition) is 0. The van der Waals surface area contributed by atoms with Crippen LogP contribution in [0.4, 0.5) is 11.4 Å². The Morgan fingerprint density at radius 3 is 2.11 bits per heavy atom. The van der Waals surface area contributed by atoms with Gasteiger partial charge in [-0.3, -0.25) is 0 Å². The van der Waals surface area contributed by atoms with Gasteiger partial charge in [0.1, 0.15) is 0 Å². The summed E-state index contributed by atoms with van der Waals surface area (Å²) in [6.45, 7) is 12.0. The van der Waals surface area contributed by atoms with Crippen molar-refractivity contribution in [2.75, 3.05) is 4.90 Å². The molecule has 4 aliphatic rings. The third kappa shape index (κ3) is 4.76. The lowest BCUT2D eigenvalue weighted by Gasteiger charge is -2.44. The van der Waals surface area contributed by atoms with Crippen molar-refractivity contribution in [2.24, 2.45) is 17.8 Å². The van der Waals surface area contributed by atoms with Crippen molar-refractivity contribution in [1.82, 2.24) is 9.13 Å². The Morgan fingerprint density at radius 2 is 1.34 bits per heavy atom. The van der Waals surface area contributed by atoms with Crippen LogP contribution in [0.15, 0.2) is 170 Å². The predicted octanol–water partition coefficient (Wildman–Crippen LogP) is 13.8. The molecule has 2 aromatic heterocycles. The van der Waals surface area contributed by atoms with Crippen LogP contribution in [0.5, 0.6) is 0 Å². The van der Waals surface area contributed by atoms with Crippen LogP contribution in [0.25, 0.3) is 54.9 Å². The smallest absolute Gasteiger partial charge is 0.0598 e. The van der Waals surface area contributed by atoms with Gasteiger partial charge in [0.05, 0.1) is 16.6 Å². The first kappa shape index (κ1) is 33.3. The molecule has 11 rings (SSSR count). The number of anilines is 2.